The molecule has 1 aliphatic heterocycles. The molecule has 2 amide bonds. The Labute approximate surface area is 166 Å². The third-order valence-electron chi connectivity index (χ3n) is 6.46. The van der Waals surface area contributed by atoms with E-state index in [1.54, 1.807) is 17.0 Å². The van der Waals surface area contributed by atoms with Gasteiger partial charge in [-0.1, -0.05) is 31.7 Å². The molecule has 1 aromatic rings. The first-order chi connectivity index (χ1) is 13.5. The van der Waals surface area contributed by atoms with Crippen molar-refractivity contribution >= 4 is 17.7 Å². The predicted octanol–water partition coefficient (Wildman–Crippen LogP) is 3.14. The highest BCUT2D eigenvalue weighted by molar-refractivity contribution is 5.92. The number of guanidine groups is 1. The van der Waals surface area contributed by atoms with Gasteiger partial charge in [0.1, 0.15) is 0 Å². The lowest BCUT2D eigenvalue weighted by Gasteiger charge is -2.50. The lowest BCUT2D eigenvalue weighted by atomic mass is 9.71. The fourth-order valence-electron chi connectivity index (χ4n) is 5.13. The Morgan fingerprint density at radius 2 is 1.82 bits per heavy atom. The van der Waals surface area contributed by atoms with Crippen molar-refractivity contribution in [1.29, 1.82) is 10.7 Å². The average molecular weight is 383 g/mol. The zero-order valence-electron chi connectivity index (χ0n) is 16.4. The Kier molecular flexibility index (Phi) is 6.08. The molecule has 0 aromatic heterocycles. The van der Waals surface area contributed by atoms with E-state index < -0.39 is 6.03 Å². The molecular weight excluding hydrogens is 352 g/mol. The molecule has 7 heteroatoms. The van der Waals surface area contributed by atoms with E-state index in [1.165, 1.54) is 12.8 Å². The molecule has 1 saturated carbocycles. The summed E-state index contributed by atoms with van der Waals surface area (Å²) in [5.74, 6) is 0.404. The lowest BCUT2D eigenvalue weighted by molar-refractivity contribution is 0.146. The Hall–Kier alpha value is -2.75. The fraction of sp³-hybridized carbons (Fsp3) is 0.571. The number of primary amides is 1. The van der Waals surface area contributed by atoms with Crippen LogP contribution in [0.4, 0.5) is 10.5 Å². The monoisotopic (exact) mass is 382 g/mol. The van der Waals surface area contributed by atoms with Crippen LogP contribution in [0.2, 0.25) is 0 Å². The number of nitriles is 1. The Morgan fingerprint density at radius 1 is 1.18 bits per heavy atom. The molecule has 1 aromatic carbocycles. The molecule has 0 unspecified atom stereocenters. The van der Waals surface area contributed by atoms with Gasteiger partial charge in [-0.15, -0.1) is 0 Å². The first-order valence-corrected chi connectivity index (χ1v) is 10.2. The molecule has 0 spiro atoms. The standard InChI is InChI=1S/C21H30N6O/c22-15-16-6-5-7-18(14-16)27(20(25)28)21(10-3-1-2-4-11-21)17-8-12-26(13-9-17)19(23)24/h5-7,14,17H,1-4,8-13H2,(H3,23,24)(H2,25,28). The van der Waals surface area contributed by atoms with Gasteiger partial charge in [-0.25, -0.2) is 4.79 Å². The Balaban J connectivity index is 2.00. The summed E-state index contributed by atoms with van der Waals surface area (Å²) >= 11 is 0. The number of carbonyl (C=O) groups is 1. The number of rotatable bonds is 3. The van der Waals surface area contributed by atoms with Crippen LogP contribution in [0.3, 0.4) is 0 Å². The first-order valence-electron chi connectivity index (χ1n) is 10.2. The number of benzene rings is 1. The lowest BCUT2D eigenvalue weighted by Crippen LogP contribution is -2.60. The van der Waals surface area contributed by atoms with Crippen LogP contribution in [0.1, 0.15) is 56.9 Å². The first kappa shape index (κ1) is 20.0. The molecule has 0 radical (unpaired) electrons. The minimum atomic E-state index is -0.453. The number of urea groups is 1. The molecule has 3 rings (SSSR count). The molecule has 150 valence electrons. The molecule has 2 fully saturated rings. The minimum Gasteiger partial charge on any atom is -0.370 e. The average Bonchev–Trinajstić information content (AvgIpc) is 2.95. The van der Waals surface area contributed by atoms with Crippen LogP contribution < -0.4 is 16.4 Å². The number of nitrogens with one attached hydrogen (secondary N) is 1. The van der Waals surface area contributed by atoms with Crippen molar-refractivity contribution in [3.63, 3.8) is 0 Å². The normalized spacial score (nSPS) is 20.0. The Bertz CT molecular complexity index is 754. The molecule has 1 saturated heterocycles. The molecule has 1 heterocycles. The summed E-state index contributed by atoms with van der Waals surface area (Å²) in [6.07, 6.45) is 8.04. The number of nitrogens with two attached hydrogens (primary N) is 2. The van der Waals surface area contributed by atoms with E-state index in [-0.39, 0.29) is 11.5 Å². The molecule has 2 aliphatic rings. The largest absolute Gasteiger partial charge is 0.370 e. The molecule has 1 aliphatic carbocycles. The maximum Gasteiger partial charge on any atom is 0.319 e. The molecule has 0 atom stereocenters. The number of amides is 2. The summed E-state index contributed by atoms with van der Waals surface area (Å²) in [5, 5.41) is 17.0. The van der Waals surface area contributed by atoms with Crippen molar-refractivity contribution < 1.29 is 4.79 Å². The van der Waals surface area contributed by atoms with Gasteiger partial charge in [0, 0.05) is 18.8 Å². The topological polar surface area (TPSA) is 123 Å². The van der Waals surface area contributed by atoms with Gasteiger partial charge in [0.05, 0.1) is 17.2 Å². The van der Waals surface area contributed by atoms with Gasteiger partial charge in [-0.2, -0.15) is 5.26 Å². The summed E-state index contributed by atoms with van der Waals surface area (Å²) in [6.45, 7) is 1.46. The van der Waals surface area contributed by atoms with Crippen LogP contribution >= 0.6 is 0 Å². The fourth-order valence-corrected chi connectivity index (χ4v) is 5.13. The van der Waals surface area contributed by atoms with Gasteiger partial charge in [-0.3, -0.25) is 10.3 Å². The van der Waals surface area contributed by atoms with Crippen LogP contribution in [0.25, 0.3) is 0 Å². The highest BCUT2D eigenvalue weighted by Gasteiger charge is 2.47. The molecule has 7 nitrogen and oxygen atoms in total. The van der Waals surface area contributed by atoms with Crippen LogP contribution in [-0.4, -0.2) is 35.5 Å². The maximum absolute atomic E-state index is 12.7. The Morgan fingerprint density at radius 3 is 2.36 bits per heavy atom. The summed E-state index contributed by atoms with van der Waals surface area (Å²) in [4.78, 5) is 16.4. The van der Waals surface area contributed by atoms with Crippen molar-refractivity contribution in [2.45, 2.75) is 56.9 Å². The van der Waals surface area contributed by atoms with Crippen LogP contribution in [-0.2, 0) is 0 Å². The number of anilines is 1. The molecule has 0 bridgehead atoms. The van der Waals surface area contributed by atoms with Crippen molar-refractivity contribution in [3.05, 3.63) is 29.8 Å². The third-order valence-corrected chi connectivity index (χ3v) is 6.46. The number of piperidine rings is 1. The van der Waals surface area contributed by atoms with E-state index in [0.29, 0.717) is 17.2 Å². The minimum absolute atomic E-state index is 0.113. The van der Waals surface area contributed by atoms with Gasteiger partial charge >= 0.3 is 6.03 Å². The molecular formula is C21H30N6O. The van der Waals surface area contributed by atoms with Crippen LogP contribution in [0, 0.1) is 22.7 Å². The second kappa shape index (κ2) is 8.51. The molecule has 5 N–H and O–H groups in total. The van der Waals surface area contributed by atoms with E-state index in [0.717, 1.165) is 51.6 Å². The zero-order chi connectivity index (χ0) is 20.1. The summed E-state index contributed by atoms with van der Waals surface area (Å²) < 4.78 is 0. The van der Waals surface area contributed by atoms with Crippen LogP contribution in [0.15, 0.2) is 24.3 Å². The summed E-state index contributed by atoms with van der Waals surface area (Å²) in [7, 11) is 0. The van der Waals surface area contributed by atoms with Crippen LogP contribution in [0.5, 0.6) is 0 Å². The SMILES string of the molecule is N#Cc1cccc(N(C(N)=O)C2(C3CCN(C(=N)N)CC3)CCCCCC2)c1. The third kappa shape index (κ3) is 3.91. The number of hydrogen-bond acceptors (Lipinski definition) is 3. The van der Waals surface area contributed by atoms with Crippen molar-refractivity contribution in [1.82, 2.24) is 4.90 Å². The number of likely N-dealkylation sites (tertiary alicyclic amines) is 1. The van der Waals surface area contributed by atoms with Crippen molar-refractivity contribution in [2.75, 3.05) is 18.0 Å². The second-order valence-electron chi connectivity index (χ2n) is 8.00. The van der Waals surface area contributed by atoms with E-state index in [1.807, 2.05) is 17.0 Å². The quantitative estimate of drug-likeness (QED) is 0.422. The summed E-state index contributed by atoms with van der Waals surface area (Å²) in [6, 6.07) is 8.91. The second-order valence-corrected chi connectivity index (χ2v) is 8.00. The van der Waals surface area contributed by atoms with Gasteiger partial charge in [0.15, 0.2) is 5.96 Å². The molecule has 28 heavy (non-hydrogen) atoms. The maximum atomic E-state index is 12.7. The zero-order valence-corrected chi connectivity index (χ0v) is 16.4. The highest BCUT2D eigenvalue weighted by Crippen LogP contribution is 2.45. The van der Waals surface area contributed by atoms with Gasteiger partial charge < -0.3 is 16.4 Å². The van der Waals surface area contributed by atoms with Gasteiger partial charge in [0.2, 0.25) is 0 Å². The smallest absolute Gasteiger partial charge is 0.319 e. The van der Waals surface area contributed by atoms with E-state index in [9.17, 15) is 10.1 Å². The van der Waals surface area contributed by atoms with Gasteiger partial charge in [0.25, 0.3) is 0 Å². The summed E-state index contributed by atoms with van der Waals surface area (Å²) in [5.41, 5.74) is 12.5. The van der Waals surface area contributed by atoms with E-state index >= 15 is 0 Å². The van der Waals surface area contributed by atoms with E-state index in [4.69, 9.17) is 16.9 Å². The van der Waals surface area contributed by atoms with Crippen molar-refractivity contribution in [3.8, 4) is 6.07 Å². The number of nitrogens with zero attached hydrogens (tertiary/aromatic N) is 3. The van der Waals surface area contributed by atoms with E-state index in [2.05, 4.69) is 6.07 Å². The van der Waals surface area contributed by atoms with Gasteiger partial charge in [-0.05, 0) is 49.8 Å². The number of hydrogen-bond donors (Lipinski definition) is 3. The number of carbonyl (C=O) groups excluding carboxylic acids is 1. The highest BCUT2D eigenvalue weighted by atomic mass is 16.2. The van der Waals surface area contributed by atoms with Crippen molar-refractivity contribution in [2.24, 2.45) is 17.4 Å². The predicted molar refractivity (Wildman–Crippen MR) is 110 cm³/mol.